The highest BCUT2D eigenvalue weighted by Gasteiger charge is 2.38. The van der Waals surface area contributed by atoms with Gasteiger partial charge in [0.25, 0.3) is 41.3 Å². The van der Waals surface area contributed by atoms with E-state index in [0.717, 1.165) is 37.7 Å². The first-order valence-corrected chi connectivity index (χ1v) is 23.9. The van der Waals surface area contributed by atoms with Crippen LogP contribution in [-0.4, -0.2) is 126 Å². The van der Waals surface area contributed by atoms with Crippen LogP contribution in [0.1, 0.15) is 105 Å². The van der Waals surface area contributed by atoms with Gasteiger partial charge in [0.1, 0.15) is 52.1 Å². The Hall–Kier alpha value is -10.3. The lowest BCUT2D eigenvalue weighted by atomic mass is 9.98. The monoisotopic (exact) mass is 1110 g/mol. The maximum absolute atomic E-state index is 13.8. The molecule has 0 aliphatic carbocycles. The predicted octanol–water partition coefficient (Wildman–Crippen LogP) is -0.793. The number of allylic oxidation sites excluding steroid dienone is 1. The van der Waals surface area contributed by atoms with E-state index in [1.54, 1.807) is 13.0 Å². The average molecular weight is 1110 g/mol. The first kappa shape index (κ1) is 58.0. The van der Waals surface area contributed by atoms with Gasteiger partial charge >= 0.3 is 17.7 Å². The zero-order chi connectivity index (χ0) is 58.2. The smallest absolute Gasteiger partial charge is 0.316 e. The number of thiazole rings is 1. The summed E-state index contributed by atoms with van der Waals surface area (Å²) in [5.41, 5.74) is 0.377. The molecule has 79 heavy (non-hydrogen) atoms. The molecule has 2 atom stereocenters. The number of aryl methyl sites for hydroxylation is 1. The van der Waals surface area contributed by atoms with Crippen molar-refractivity contribution in [1.29, 1.82) is 0 Å². The molecule has 6 heterocycles. The molecule has 6 rings (SSSR count). The molecule has 5 aromatic rings. The Bertz CT molecular complexity index is 3430. The van der Waals surface area contributed by atoms with Crippen molar-refractivity contribution < 1.29 is 71.1 Å². The van der Waals surface area contributed by atoms with Crippen molar-refractivity contribution in [2.45, 2.75) is 59.2 Å². The van der Waals surface area contributed by atoms with Gasteiger partial charge in [-0.3, -0.25) is 63.4 Å². The number of hydrogen-bond acceptors (Lipinski definition) is 22. The molecule has 0 aromatic carbocycles. The van der Waals surface area contributed by atoms with Crippen LogP contribution in [0.5, 0.6) is 0 Å². The van der Waals surface area contributed by atoms with Crippen LogP contribution < -0.4 is 53.6 Å². The fourth-order valence-corrected chi connectivity index (χ4v) is 7.48. The lowest BCUT2D eigenvalue weighted by Gasteiger charge is -2.28. The Morgan fingerprint density at radius 3 is 2.14 bits per heavy atom. The molecule has 31 heteroatoms. The van der Waals surface area contributed by atoms with Crippen molar-refractivity contribution in [2.75, 3.05) is 13.1 Å². The average Bonchev–Trinajstić information content (AvgIpc) is 4.40. The number of aliphatic hydroxyl groups is 1. The highest BCUT2D eigenvalue weighted by atomic mass is 32.1. The number of carbonyl (C=O) groups is 11. The topological polar surface area (TPSA) is 446 Å². The Morgan fingerprint density at radius 1 is 0.785 bits per heavy atom. The van der Waals surface area contributed by atoms with Gasteiger partial charge < -0.3 is 61.3 Å². The zero-order valence-electron chi connectivity index (χ0n) is 42.6. The first-order valence-electron chi connectivity index (χ1n) is 23.0. The molecule has 0 saturated carbocycles. The van der Waals surface area contributed by atoms with Gasteiger partial charge in [-0.1, -0.05) is 39.7 Å². The van der Waals surface area contributed by atoms with Crippen molar-refractivity contribution in [1.82, 2.24) is 72.8 Å². The Balaban J connectivity index is 1.32. The molecule has 30 nitrogen and oxygen atoms in total. The van der Waals surface area contributed by atoms with E-state index in [2.05, 4.69) is 81.9 Å². The molecular formula is C48H49N15O15S. The van der Waals surface area contributed by atoms with Gasteiger partial charge in [-0.25, -0.2) is 24.9 Å². The third kappa shape index (κ3) is 14.2. The standard InChI is InChI=1S/C48H49N15O15S/c1-10-24-45-61-31(22(7)78-45)39(70)63-42(73)41(72)62-33(48(8,9)75)40(71)54-21(6)44-58-28(16-76-44)36(67)51-14-30(64)60-43(74)46-57-27(15-77-46)32-23(47-59-29(17-79-47)38(69)56-26(13-50-24)18(2)3)11-12-25(55-32)37(68)53-20(5)35(66)52-19(4)34(49)65/h10-12,15-18,26,33,50,75H,4-6,13-14H2,1-3,7-9H3,(H2,49,65)(H,51,67)(H,52,66)(H,53,68)(H,54,71)(H,56,69)(H,62,72)(H,60,64,74)(H,63,70,73)/b24-10+/t26-,33-/m1/s1. The van der Waals surface area contributed by atoms with E-state index in [1.165, 1.54) is 24.4 Å². The molecule has 8 bridgehead atoms. The van der Waals surface area contributed by atoms with E-state index in [1.807, 2.05) is 24.5 Å². The number of nitrogens with one attached hydrogen (secondary N) is 9. The molecule has 0 fully saturated rings. The van der Waals surface area contributed by atoms with Gasteiger partial charge in [-0.15, -0.1) is 11.3 Å². The minimum atomic E-state index is -2.06. The molecule has 11 amide bonds. The van der Waals surface area contributed by atoms with Crippen LogP contribution in [0.3, 0.4) is 0 Å². The molecule has 1 aliphatic heterocycles. The summed E-state index contributed by atoms with van der Waals surface area (Å²) in [6.07, 6.45) is 3.34. The lowest BCUT2D eigenvalue weighted by molar-refractivity contribution is -0.142. The van der Waals surface area contributed by atoms with Crippen molar-refractivity contribution in [2.24, 2.45) is 11.7 Å². The number of fused-ring (bicyclic) bond motifs is 11. The van der Waals surface area contributed by atoms with E-state index < -0.39 is 129 Å². The number of primary amides is 1. The van der Waals surface area contributed by atoms with Crippen LogP contribution in [0.25, 0.3) is 33.4 Å². The summed E-state index contributed by atoms with van der Waals surface area (Å²) >= 11 is 0.974. The molecule has 5 aromatic heterocycles. The van der Waals surface area contributed by atoms with E-state index in [9.17, 15) is 57.8 Å². The lowest BCUT2D eigenvalue weighted by Crippen LogP contribution is -2.59. The van der Waals surface area contributed by atoms with Gasteiger partial charge in [0.15, 0.2) is 11.4 Å². The summed E-state index contributed by atoms with van der Waals surface area (Å²) in [4.78, 5) is 164. The van der Waals surface area contributed by atoms with Gasteiger partial charge in [0, 0.05) is 23.5 Å². The third-order valence-electron chi connectivity index (χ3n) is 10.9. The van der Waals surface area contributed by atoms with E-state index in [0.29, 0.717) is 0 Å². The van der Waals surface area contributed by atoms with Crippen LogP contribution in [0, 0.1) is 12.8 Å². The van der Waals surface area contributed by atoms with E-state index >= 15 is 0 Å². The molecular weight excluding hydrogens is 1060 g/mol. The number of aromatic nitrogens is 5. The van der Waals surface area contributed by atoms with E-state index in [-0.39, 0.29) is 63.2 Å². The SMILES string of the molecule is C=C(NC(=O)C(=C)NC(=O)c1ccc2c(n1)-c1coc(n1)C(=O)NC(=O)CNC(=O)c1coc(n1)C(=C)NC(=O)[C@H](C(C)(C)O)NC(=O)C(=O)NC(=O)c1nc(oc1C)/C(=C\C)NC[C@H](C(C)C)NC(=O)c1csc-2n1)C(N)=O. The zero-order valence-corrected chi connectivity index (χ0v) is 43.4. The fraction of sp³-hybridized carbons (Fsp3) is 0.250. The van der Waals surface area contributed by atoms with Crippen molar-refractivity contribution in [3.05, 3.63) is 113 Å². The Labute approximate surface area is 449 Å². The summed E-state index contributed by atoms with van der Waals surface area (Å²) in [7, 11) is 0. The summed E-state index contributed by atoms with van der Waals surface area (Å²) < 4.78 is 16.4. The van der Waals surface area contributed by atoms with Crippen LogP contribution >= 0.6 is 11.3 Å². The Kier molecular flexibility index (Phi) is 17.7. The minimum Gasteiger partial charge on any atom is -0.443 e. The fourth-order valence-electron chi connectivity index (χ4n) is 6.66. The number of carbonyl (C=O) groups excluding carboxylic acids is 11. The molecule has 0 radical (unpaired) electrons. The number of oxazole rings is 3. The van der Waals surface area contributed by atoms with Crippen LogP contribution in [0.2, 0.25) is 0 Å². The van der Waals surface area contributed by atoms with Gasteiger partial charge in [0.05, 0.1) is 34.9 Å². The second-order valence-corrected chi connectivity index (χ2v) is 18.5. The summed E-state index contributed by atoms with van der Waals surface area (Å²) in [5, 5.41) is 33.1. The molecule has 1 aliphatic rings. The number of imide groups is 2. The molecule has 412 valence electrons. The highest BCUT2D eigenvalue weighted by molar-refractivity contribution is 7.13. The second kappa shape index (κ2) is 24.1. The maximum atomic E-state index is 13.8. The summed E-state index contributed by atoms with van der Waals surface area (Å²) in [6.45, 7) is 18.5. The van der Waals surface area contributed by atoms with Crippen molar-refractivity contribution in [3.63, 3.8) is 0 Å². The number of pyridine rings is 1. The summed E-state index contributed by atoms with van der Waals surface area (Å²) in [6, 6.07) is 0.102. The molecule has 12 N–H and O–H groups in total. The number of nitrogens with two attached hydrogens (primary N) is 1. The van der Waals surface area contributed by atoms with Crippen LogP contribution in [-0.2, 0) is 28.8 Å². The minimum absolute atomic E-state index is 0.0535. The van der Waals surface area contributed by atoms with Gasteiger partial charge in [-0.2, -0.15) is 0 Å². The predicted molar refractivity (Wildman–Crippen MR) is 272 cm³/mol. The number of nitrogens with zero attached hydrogens (tertiary/aromatic N) is 5. The first-order chi connectivity index (χ1) is 37.1. The summed E-state index contributed by atoms with van der Waals surface area (Å²) in [5.74, 6) is -14.0. The van der Waals surface area contributed by atoms with Crippen LogP contribution in [0.15, 0.2) is 80.5 Å². The quantitative estimate of drug-likeness (QED) is 0.0540. The normalized spacial score (nSPS) is 17.1. The van der Waals surface area contributed by atoms with Gasteiger partial charge in [-0.05, 0) is 45.7 Å². The van der Waals surface area contributed by atoms with Gasteiger partial charge in [0.2, 0.25) is 23.6 Å². The van der Waals surface area contributed by atoms with Crippen LogP contribution in [0.4, 0.5) is 0 Å². The maximum Gasteiger partial charge on any atom is 0.316 e. The largest absolute Gasteiger partial charge is 0.443 e. The molecule has 0 spiro atoms. The molecule has 0 saturated heterocycles. The number of rotatable bonds is 7. The van der Waals surface area contributed by atoms with E-state index in [4.69, 9.17) is 19.0 Å². The third-order valence-corrected chi connectivity index (χ3v) is 11.8. The Morgan fingerprint density at radius 2 is 1.47 bits per heavy atom. The molecule has 0 unspecified atom stereocenters. The van der Waals surface area contributed by atoms with Crippen molar-refractivity contribution >= 4 is 87.7 Å². The number of amides is 11. The number of hydrogen-bond donors (Lipinski definition) is 11. The second-order valence-electron chi connectivity index (χ2n) is 17.6. The van der Waals surface area contributed by atoms with Crippen molar-refractivity contribution in [3.8, 4) is 22.0 Å². The highest BCUT2D eigenvalue weighted by Crippen LogP contribution is 2.33.